The first-order chi connectivity index (χ1) is 26.0. The molecular formula is C38H39N7O9. The molecule has 6 amide bonds. The quantitative estimate of drug-likeness (QED) is 0.157. The van der Waals surface area contributed by atoms with Gasteiger partial charge in [0, 0.05) is 42.5 Å². The third-order valence-electron chi connectivity index (χ3n) is 11.6. The molecule has 280 valence electrons. The van der Waals surface area contributed by atoms with Gasteiger partial charge >= 0.3 is 0 Å². The number of carbonyl (C=O) groups is 6. The zero-order valence-corrected chi connectivity index (χ0v) is 29.2. The Bertz CT molecular complexity index is 2090. The summed E-state index contributed by atoms with van der Waals surface area (Å²) in [6.07, 6.45) is 3.70. The van der Waals surface area contributed by atoms with E-state index in [1.54, 1.807) is 30.3 Å². The SMILES string of the molecule is Nc1nnc(-c2ccccc2O)cc1OCC12CCC1C(CNC(=O)C1CC1CNC(=O)COc1cccc3c1C(=O)N(C1CCC(=O)NC1=O)C3=O)C2. The van der Waals surface area contributed by atoms with Crippen molar-refractivity contribution in [2.45, 2.75) is 44.6 Å². The molecule has 6 atom stereocenters. The van der Waals surface area contributed by atoms with Gasteiger partial charge in [0.1, 0.15) is 23.2 Å². The number of rotatable bonds is 13. The number of ether oxygens (including phenoxy) is 2. The van der Waals surface area contributed by atoms with Crippen LogP contribution in [-0.2, 0) is 19.2 Å². The molecule has 54 heavy (non-hydrogen) atoms. The van der Waals surface area contributed by atoms with Gasteiger partial charge in [-0.2, -0.15) is 0 Å². The molecule has 0 bridgehead atoms. The van der Waals surface area contributed by atoms with E-state index in [-0.39, 0.29) is 64.4 Å². The maximum Gasteiger partial charge on any atom is 0.266 e. The van der Waals surface area contributed by atoms with Crippen molar-refractivity contribution in [1.82, 2.24) is 31.0 Å². The van der Waals surface area contributed by atoms with E-state index in [2.05, 4.69) is 26.1 Å². The van der Waals surface area contributed by atoms with Gasteiger partial charge in [0.05, 0.1) is 17.7 Å². The van der Waals surface area contributed by atoms with Crippen molar-refractivity contribution in [3.8, 4) is 28.5 Å². The summed E-state index contributed by atoms with van der Waals surface area (Å²) in [6.45, 7) is 0.929. The number of piperidine rings is 1. The number of nitrogens with one attached hydrogen (secondary N) is 3. The van der Waals surface area contributed by atoms with Gasteiger partial charge in [0.25, 0.3) is 17.7 Å². The third kappa shape index (κ3) is 6.34. The average molecular weight is 738 g/mol. The number of aromatic nitrogens is 2. The van der Waals surface area contributed by atoms with Crippen LogP contribution >= 0.6 is 0 Å². The summed E-state index contributed by atoms with van der Waals surface area (Å²) in [5, 5.41) is 26.4. The molecule has 2 aliphatic heterocycles. The van der Waals surface area contributed by atoms with Crippen molar-refractivity contribution in [2.75, 3.05) is 32.0 Å². The maximum atomic E-state index is 13.2. The first kappa shape index (κ1) is 35.0. The van der Waals surface area contributed by atoms with Gasteiger partial charge < -0.3 is 30.9 Å². The lowest BCUT2D eigenvalue weighted by Crippen LogP contribution is -2.61. The van der Waals surface area contributed by atoms with Crippen LogP contribution in [0, 0.1) is 29.1 Å². The lowest BCUT2D eigenvalue weighted by atomic mass is 9.43. The lowest BCUT2D eigenvalue weighted by molar-refractivity contribution is -0.156. The van der Waals surface area contributed by atoms with E-state index in [1.165, 1.54) is 18.2 Å². The van der Waals surface area contributed by atoms with Crippen LogP contribution in [0.3, 0.4) is 0 Å². The number of imide groups is 2. The number of phenols is 1. The van der Waals surface area contributed by atoms with Crippen LogP contribution in [-0.4, -0.2) is 88.0 Å². The number of anilines is 1. The van der Waals surface area contributed by atoms with Crippen LogP contribution in [0.5, 0.6) is 17.2 Å². The summed E-state index contributed by atoms with van der Waals surface area (Å²) >= 11 is 0. The first-order valence-electron chi connectivity index (χ1n) is 18.1. The van der Waals surface area contributed by atoms with E-state index >= 15 is 0 Å². The molecule has 5 aliphatic rings. The van der Waals surface area contributed by atoms with E-state index in [0.717, 1.165) is 24.2 Å². The van der Waals surface area contributed by atoms with Crippen molar-refractivity contribution in [3.05, 3.63) is 59.7 Å². The van der Waals surface area contributed by atoms with Crippen LogP contribution in [0.1, 0.15) is 59.2 Å². The van der Waals surface area contributed by atoms with E-state index < -0.39 is 42.2 Å². The molecule has 3 heterocycles. The molecular weight excluding hydrogens is 698 g/mol. The molecule has 0 radical (unpaired) electrons. The fourth-order valence-electron chi connectivity index (χ4n) is 8.41. The topological polar surface area (TPSA) is 232 Å². The van der Waals surface area contributed by atoms with Crippen LogP contribution in [0.4, 0.5) is 5.82 Å². The van der Waals surface area contributed by atoms with E-state index in [1.807, 2.05) is 0 Å². The predicted molar refractivity (Wildman–Crippen MR) is 189 cm³/mol. The fraction of sp³-hybridized carbons (Fsp3) is 0.421. The second-order valence-corrected chi connectivity index (χ2v) is 14.8. The highest BCUT2D eigenvalue weighted by molar-refractivity contribution is 6.24. The molecule has 2 aromatic carbocycles. The van der Waals surface area contributed by atoms with Gasteiger partial charge in [-0.1, -0.05) is 18.2 Å². The number of amides is 6. The summed E-state index contributed by atoms with van der Waals surface area (Å²) < 4.78 is 11.8. The van der Waals surface area contributed by atoms with E-state index in [9.17, 15) is 33.9 Å². The van der Waals surface area contributed by atoms with Gasteiger partial charge in [-0.15, -0.1) is 10.2 Å². The van der Waals surface area contributed by atoms with Gasteiger partial charge in [-0.3, -0.25) is 39.0 Å². The predicted octanol–water partition coefficient (Wildman–Crippen LogP) is 1.58. The largest absolute Gasteiger partial charge is 0.507 e. The van der Waals surface area contributed by atoms with Crippen LogP contribution < -0.4 is 31.2 Å². The minimum Gasteiger partial charge on any atom is -0.507 e. The molecule has 6 unspecified atom stereocenters. The number of aromatic hydroxyl groups is 1. The Balaban J connectivity index is 0.761. The van der Waals surface area contributed by atoms with Crippen molar-refractivity contribution in [2.24, 2.45) is 29.1 Å². The second kappa shape index (κ2) is 13.7. The smallest absolute Gasteiger partial charge is 0.266 e. The highest BCUT2D eigenvalue weighted by Crippen LogP contribution is 2.64. The number of hydrogen-bond donors (Lipinski definition) is 5. The average Bonchev–Trinajstić information content (AvgIpc) is 3.89. The monoisotopic (exact) mass is 737 g/mol. The summed E-state index contributed by atoms with van der Waals surface area (Å²) in [5.74, 6) is -1.74. The molecule has 3 saturated carbocycles. The van der Waals surface area contributed by atoms with Crippen molar-refractivity contribution in [3.63, 3.8) is 0 Å². The molecule has 3 aromatic rings. The molecule has 8 rings (SSSR count). The molecule has 16 nitrogen and oxygen atoms in total. The molecule has 1 aromatic heterocycles. The Hall–Kier alpha value is -6.06. The van der Waals surface area contributed by atoms with Crippen LogP contribution in [0.15, 0.2) is 48.5 Å². The van der Waals surface area contributed by atoms with E-state index in [0.29, 0.717) is 55.0 Å². The number of hydrogen-bond acceptors (Lipinski definition) is 12. The Morgan fingerprint density at radius 1 is 0.944 bits per heavy atom. The van der Waals surface area contributed by atoms with Crippen molar-refractivity contribution < 1.29 is 43.3 Å². The zero-order valence-electron chi connectivity index (χ0n) is 29.2. The highest BCUT2D eigenvalue weighted by atomic mass is 16.5. The summed E-state index contributed by atoms with van der Waals surface area (Å²) in [5.41, 5.74) is 7.11. The summed E-state index contributed by atoms with van der Waals surface area (Å²) in [6, 6.07) is 11.9. The number of nitrogens with two attached hydrogens (primary N) is 1. The molecule has 6 N–H and O–H groups in total. The van der Waals surface area contributed by atoms with Crippen LogP contribution in [0.2, 0.25) is 0 Å². The second-order valence-electron chi connectivity index (χ2n) is 14.8. The normalized spacial score (nSPS) is 26.4. The highest BCUT2D eigenvalue weighted by Gasteiger charge is 2.60. The standard InChI is InChI=1S/C38H39N7O9/c39-33-29(13-25(43-44-33)21-4-1-2-6-27(21)46)54-18-38-11-10-24(38)20(14-38)16-41-34(49)23-12-19(23)15-40-31(48)17-53-28-7-3-5-22-32(28)37(52)45(36(22)51)26-8-9-30(47)42-35(26)50/h1-7,13,19-20,23-24,26,46H,8-12,14-18H2,(H2,39,44)(H,40,48)(H,41,49)(H,42,47,50). The number of fused-ring (bicyclic) bond motifs is 2. The Labute approximate surface area is 309 Å². The van der Waals surface area contributed by atoms with Gasteiger partial charge in [-0.25, -0.2) is 0 Å². The number of nitrogen functional groups attached to an aromatic ring is 1. The van der Waals surface area contributed by atoms with Crippen LogP contribution in [0.25, 0.3) is 11.3 Å². The Kier molecular flexibility index (Phi) is 8.90. The molecule has 0 spiro atoms. The molecule has 1 saturated heterocycles. The number of benzene rings is 2. The first-order valence-corrected chi connectivity index (χ1v) is 18.1. The molecule has 16 heteroatoms. The van der Waals surface area contributed by atoms with Crippen molar-refractivity contribution in [1.29, 1.82) is 0 Å². The number of nitrogens with zero attached hydrogens (tertiary/aromatic N) is 3. The summed E-state index contributed by atoms with van der Waals surface area (Å²) in [7, 11) is 0. The van der Waals surface area contributed by atoms with Gasteiger partial charge in [0.2, 0.25) is 17.7 Å². The minimum atomic E-state index is -1.11. The molecule has 4 fully saturated rings. The Morgan fingerprint density at radius 2 is 1.74 bits per heavy atom. The number of carbonyl (C=O) groups excluding carboxylic acids is 6. The van der Waals surface area contributed by atoms with Gasteiger partial charge in [0.15, 0.2) is 18.2 Å². The zero-order chi connectivity index (χ0) is 37.7. The third-order valence-corrected chi connectivity index (χ3v) is 11.6. The number of para-hydroxylation sites is 1. The summed E-state index contributed by atoms with van der Waals surface area (Å²) in [4.78, 5) is 76.7. The fourth-order valence-corrected chi connectivity index (χ4v) is 8.41. The van der Waals surface area contributed by atoms with Crippen molar-refractivity contribution >= 4 is 41.3 Å². The maximum absolute atomic E-state index is 13.2. The Morgan fingerprint density at radius 3 is 2.50 bits per heavy atom. The minimum absolute atomic E-state index is 0.00299. The number of phenolic OH excluding ortho intramolecular Hbond substituents is 1. The van der Waals surface area contributed by atoms with Gasteiger partial charge in [-0.05, 0) is 74.1 Å². The molecule has 3 aliphatic carbocycles. The lowest BCUT2D eigenvalue weighted by Gasteiger charge is -2.63. The van der Waals surface area contributed by atoms with E-state index in [4.69, 9.17) is 15.2 Å².